The van der Waals surface area contributed by atoms with E-state index in [1.807, 2.05) is 22.7 Å². The van der Waals surface area contributed by atoms with Crippen LogP contribution in [0.1, 0.15) is 30.7 Å². The second kappa shape index (κ2) is 11.3. The third-order valence-electron chi connectivity index (χ3n) is 4.72. The Morgan fingerprint density at radius 3 is 2.90 bits per heavy atom. The second-order valence-corrected chi connectivity index (χ2v) is 9.58. The van der Waals surface area contributed by atoms with Crippen molar-refractivity contribution in [1.29, 1.82) is 0 Å². The minimum Gasteiger partial charge on any atom is -0.357 e. The first-order valence-electron chi connectivity index (χ1n) is 10.2. The van der Waals surface area contributed by atoms with Crippen molar-refractivity contribution in [2.45, 2.75) is 43.4 Å². The van der Waals surface area contributed by atoms with Crippen LogP contribution < -0.4 is 10.6 Å². The van der Waals surface area contributed by atoms with Crippen LogP contribution in [0.4, 0.5) is 0 Å². The number of thioether (sulfide) groups is 1. The lowest BCUT2D eigenvalue weighted by atomic mass is 10.1. The molecule has 29 heavy (non-hydrogen) atoms. The van der Waals surface area contributed by atoms with Gasteiger partial charge >= 0.3 is 0 Å². The number of thiophene rings is 1. The largest absolute Gasteiger partial charge is 0.357 e. The number of benzene rings is 1. The molecule has 0 saturated carbocycles. The van der Waals surface area contributed by atoms with Gasteiger partial charge in [-0.05, 0) is 42.5 Å². The zero-order valence-corrected chi connectivity index (χ0v) is 18.8. The number of hydrogen-bond donors (Lipinski definition) is 2. The summed E-state index contributed by atoms with van der Waals surface area (Å²) in [5, 5.41) is 9.08. The Hall–Kier alpha value is -1.99. The van der Waals surface area contributed by atoms with Crippen LogP contribution in [0.5, 0.6) is 0 Å². The molecular weight excluding hydrogens is 400 g/mol. The van der Waals surface area contributed by atoms with Gasteiger partial charge in [0.05, 0.1) is 6.54 Å². The molecule has 3 rings (SSSR count). The van der Waals surface area contributed by atoms with Crippen LogP contribution in [-0.4, -0.2) is 48.2 Å². The van der Waals surface area contributed by atoms with E-state index in [2.05, 4.69) is 60.2 Å². The first-order valence-corrected chi connectivity index (χ1v) is 12.0. The van der Waals surface area contributed by atoms with E-state index in [9.17, 15) is 4.79 Å². The average molecular weight is 431 g/mol. The van der Waals surface area contributed by atoms with Gasteiger partial charge in [-0.3, -0.25) is 9.79 Å². The van der Waals surface area contributed by atoms with Gasteiger partial charge < -0.3 is 15.5 Å². The normalized spacial score (nSPS) is 15.0. The van der Waals surface area contributed by atoms with Gasteiger partial charge in [-0.2, -0.15) is 0 Å². The van der Waals surface area contributed by atoms with Gasteiger partial charge in [0.1, 0.15) is 0 Å². The van der Waals surface area contributed by atoms with Gasteiger partial charge in [0, 0.05) is 47.6 Å². The third kappa shape index (κ3) is 6.78. The highest BCUT2D eigenvalue weighted by Crippen LogP contribution is 2.24. The molecule has 0 fully saturated rings. The van der Waals surface area contributed by atoms with Gasteiger partial charge in [0.25, 0.3) is 0 Å². The summed E-state index contributed by atoms with van der Waals surface area (Å²) in [6.45, 7) is 7.93. The number of nitrogens with zero attached hydrogens (tertiary/aromatic N) is 2. The minimum absolute atomic E-state index is 0.207. The Morgan fingerprint density at radius 2 is 2.10 bits per heavy atom. The third-order valence-corrected chi connectivity index (χ3v) is 6.84. The summed E-state index contributed by atoms with van der Waals surface area (Å²) in [5.74, 6) is 0.984. The summed E-state index contributed by atoms with van der Waals surface area (Å²) in [4.78, 5) is 21.9. The lowest BCUT2D eigenvalue weighted by Gasteiger charge is -2.27. The molecule has 1 aliphatic rings. The zero-order valence-electron chi connectivity index (χ0n) is 17.2. The Morgan fingerprint density at radius 1 is 1.28 bits per heavy atom. The van der Waals surface area contributed by atoms with Crippen molar-refractivity contribution in [3.8, 4) is 0 Å². The molecule has 1 amide bonds. The Balaban J connectivity index is 1.42. The fourth-order valence-electron chi connectivity index (χ4n) is 3.24. The van der Waals surface area contributed by atoms with E-state index < -0.39 is 0 Å². The van der Waals surface area contributed by atoms with Crippen LogP contribution in [0, 0.1) is 0 Å². The molecule has 0 bridgehead atoms. The monoisotopic (exact) mass is 430 g/mol. The fraction of sp³-hybridized carbons (Fsp3) is 0.455. The van der Waals surface area contributed by atoms with Crippen molar-refractivity contribution in [3.63, 3.8) is 0 Å². The van der Waals surface area contributed by atoms with E-state index in [1.165, 1.54) is 15.3 Å². The van der Waals surface area contributed by atoms with Crippen LogP contribution in [0.15, 0.2) is 51.7 Å². The topological polar surface area (TPSA) is 56.7 Å². The number of hydrogen-bond acceptors (Lipinski definition) is 4. The zero-order chi connectivity index (χ0) is 20.5. The van der Waals surface area contributed by atoms with Crippen LogP contribution in [-0.2, 0) is 17.8 Å². The highest BCUT2D eigenvalue weighted by molar-refractivity contribution is 8.00. The average Bonchev–Trinajstić information content (AvgIpc) is 3.20. The van der Waals surface area contributed by atoms with Crippen molar-refractivity contribution >= 4 is 35.0 Å². The number of aliphatic imine (C=N–C) groups is 1. The van der Waals surface area contributed by atoms with Gasteiger partial charge in [-0.15, -0.1) is 23.1 Å². The molecule has 5 nitrogen and oxygen atoms in total. The van der Waals surface area contributed by atoms with Crippen LogP contribution in [0.2, 0.25) is 0 Å². The van der Waals surface area contributed by atoms with Crippen molar-refractivity contribution < 1.29 is 4.79 Å². The maximum atomic E-state index is 12.6. The number of nitrogens with one attached hydrogen (secondary N) is 2. The molecule has 2 heterocycles. The quantitative estimate of drug-likeness (QED) is 0.380. The lowest BCUT2D eigenvalue weighted by molar-refractivity contribution is -0.131. The van der Waals surface area contributed by atoms with E-state index in [-0.39, 0.29) is 5.91 Å². The van der Waals surface area contributed by atoms with Crippen LogP contribution in [0.3, 0.4) is 0 Å². The molecule has 0 aliphatic carbocycles. The number of carbonyl (C=O) groups is 1. The number of carbonyl (C=O) groups excluding carboxylic acids is 1. The van der Waals surface area contributed by atoms with Gasteiger partial charge in [-0.1, -0.05) is 25.1 Å². The van der Waals surface area contributed by atoms with E-state index in [0.717, 1.165) is 38.6 Å². The van der Waals surface area contributed by atoms with Crippen molar-refractivity contribution in [2.75, 3.05) is 26.2 Å². The molecule has 156 valence electrons. The smallest absolute Gasteiger partial charge is 0.224 e. The molecule has 0 radical (unpaired) electrons. The molecule has 1 atom stereocenters. The number of fused-ring (bicyclic) bond motifs is 1. The van der Waals surface area contributed by atoms with Gasteiger partial charge in [0.15, 0.2) is 5.96 Å². The Kier molecular flexibility index (Phi) is 8.43. The summed E-state index contributed by atoms with van der Waals surface area (Å²) < 4.78 is 0. The standard InChI is InChI=1S/C22H30N4OS2/c1-3-23-22(25-15-17(2)29-19-7-5-4-6-8-19)24-12-9-21(27)26-13-10-20-18(16-26)11-14-28-20/h4-8,11,14,17H,3,9-10,12-13,15-16H2,1-2H3,(H2,23,24,25). The first kappa shape index (κ1) is 21.7. The summed E-state index contributed by atoms with van der Waals surface area (Å²) in [7, 11) is 0. The van der Waals surface area contributed by atoms with E-state index in [4.69, 9.17) is 4.99 Å². The number of rotatable bonds is 8. The predicted molar refractivity (Wildman–Crippen MR) is 124 cm³/mol. The number of amides is 1. The van der Waals surface area contributed by atoms with Crippen LogP contribution in [0.25, 0.3) is 0 Å². The fourth-order valence-corrected chi connectivity index (χ4v) is 5.06. The molecule has 7 heteroatoms. The van der Waals surface area contributed by atoms with Crippen molar-refractivity contribution in [1.82, 2.24) is 15.5 Å². The molecule has 1 unspecified atom stereocenters. The highest BCUT2D eigenvalue weighted by atomic mass is 32.2. The Labute approximate surface area is 182 Å². The van der Waals surface area contributed by atoms with Crippen molar-refractivity contribution in [3.05, 3.63) is 52.2 Å². The van der Waals surface area contributed by atoms with Crippen molar-refractivity contribution in [2.24, 2.45) is 4.99 Å². The highest BCUT2D eigenvalue weighted by Gasteiger charge is 2.21. The van der Waals surface area contributed by atoms with Gasteiger partial charge in [-0.25, -0.2) is 0 Å². The second-order valence-electron chi connectivity index (χ2n) is 7.07. The molecule has 1 aromatic heterocycles. The summed E-state index contributed by atoms with van der Waals surface area (Å²) >= 11 is 3.62. The lowest BCUT2D eigenvalue weighted by Crippen LogP contribution is -2.41. The van der Waals surface area contributed by atoms with E-state index in [0.29, 0.717) is 18.2 Å². The van der Waals surface area contributed by atoms with E-state index >= 15 is 0 Å². The molecule has 0 saturated heterocycles. The first-order chi connectivity index (χ1) is 14.2. The summed E-state index contributed by atoms with van der Waals surface area (Å²) in [5.41, 5.74) is 1.31. The molecule has 2 N–H and O–H groups in total. The predicted octanol–water partition coefficient (Wildman–Crippen LogP) is 3.76. The summed E-state index contributed by atoms with van der Waals surface area (Å²) in [6, 6.07) is 12.5. The molecule has 0 spiro atoms. The Bertz CT molecular complexity index is 806. The number of guanidine groups is 1. The minimum atomic E-state index is 0.207. The maximum Gasteiger partial charge on any atom is 0.224 e. The molecule has 1 aliphatic heterocycles. The van der Waals surface area contributed by atoms with Crippen LogP contribution >= 0.6 is 23.1 Å². The molecule has 2 aromatic rings. The van der Waals surface area contributed by atoms with Gasteiger partial charge in [0.2, 0.25) is 5.91 Å². The molecule has 1 aromatic carbocycles. The SMILES string of the molecule is CCNC(=NCC(C)Sc1ccccc1)NCCC(=O)N1CCc2sccc2C1. The summed E-state index contributed by atoms with van der Waals surface area (Å²) in [6.07, 6.45) is 1.46. The molecular formula is C22H30N4OS2. The maximum absolute atomic E-state index is 12.6. The van der Waals surface area contributed by atoms with E-state index in [1.54, 1.807) is 11.3 Å².